The summed E-state index contributed by atoms with van der Waals surface area (Å²) in [7, 11) is -1.55. The van der Waals surface area contributed by atoms with Crippen LogP contribution in [0.3, 0.4) is 0 Å². The molecule has 5 nitrogen and oxygen atoms in total. The van der Waals surface area contributed by atoms with Crippen molar-refractivity contribution < 1.29 is 18.4 Å². The maximum absolute atomic E-state index is 12.3. The highest BCUT2D eigenvalue weighted by atomic mass is 31.2. The molecular formula is C9H18NO4P. The van der Waals surface area contributed by atoms with Gasteiger partial charge in [0.1, 0.15) is 5.66 Å². The summed E-state index contributed by atoms with van der Waals surface area (Å²) >= 11 is 0. The van der Waals surface area contributed by atoms with Gasteiger partial charge in [0.05, 0.1) is 13.2 Å². The fraction of sp³-hybridized carbons (Fsp3) is 0.889. The summed E-state index contributed by atoms with van der Waals surface area (Å²) in [5.74, 6) is -0.139. The molecule has 0 spiro atoms. The van der Waals surface area contributed by atoms with Crippen LogP contribution in [0, 0.1) is 0 Å². The van der Waals surface area contributed by atoms with Gasteiger partial charge in [0.15, 0.2) is 0 Å². The third-order valence-electron chi connectivity index (χ3n) is 2.40. The van der Waals surface area contributed by atoms with E-state index < -0.39 is 13.3 Å². The van der Waals surface area contributed by atoms with Gasteiger partial charge in [0.2, 0.25) is 5.91 Å². The molecule has 1 heterocycles. The van der Waals surface area contributed by atoms with Crippen molar-refractivity contribution in [3.63, 3.8) is 0 Å². The van der Waals surface area contributed by atoms with E-state index in [1.54, 1.807) is 25.8 Å². The van der Waals surface area contributed by atoms with Gasteiger partial charge in [-0.3, -0.25) is 9.36 Å². The normalized spacial score (nSPS) is 22.5. The van der Waals surface area contributed by atoms with Crippen LogP contribution in [0.15, 0.2) is 0 Å². The van der Waals surface area contributed by atoms with Crippen LogP contribution in [0.2, 0.25) is 0 Å². The van der Waals surface area contributed by atoms with E-state index in [4.69, 9.17) is 9.05 Å². The van der Waals surface area contributed by atoms with Crippen molar-refractivity contribution in [2.75, 3.05) is 26.8 Å². The second kappa shape index (κ2) is 5.10. The Morgan fingerprint density at radius 1 is 1.40 bits per heavy atom. The Morgan fingerprint density at radius 2 is 1.93 bits per heavy atom. The minimum atomic E-state index is -3.25. The van der Waals surface area contributed by atoms with Crippen LogP contribution < -0.4 is 0 Å². The van der Waals surface area contributed by atoms with Crippen LogP contribution in [0.25, 0.3) is 0 Å². The first-order valence-electron chi connectivity index (χ1n) is 5.19. The lowest BCUT2D eigenvalue weighted by molar-refractivity contribution is -0.126. The Labute approximate surface area is 90.3 Å². The Kier molecular flexibility index (Phi) is 4.32. The molecule has 0 N–H and O–H groups in total. The van der Waals surface area contributed by atoms with E-state index in [0.717, 1.165) is 0 Å². The van der Waals surface area contributed by atoms with Crippen LogP contribution in [0.5, 0.6) is 0 Å². The van der Waals surface area contributed by atoms with Crippen molar-refractivity contribution in [2.24, 2.45) is 0 Å². The molecule has 6 heteroatoms. The van der Waals surface area contributed by atoms with Crippen LogP contribution in [-0.4, -0.2) is 43.3 Å². The molecule has 0 aromatic rings. The lowest BCUT2D eigenvalue weighted by Crippen LogP contribution is -2.26. The Bertz CT molecular complexity index is 271. The number of hydrogen-bond donors (Lipinski definition) is 0. The number of carbonyl (C=O) groups excluding carboxylic acids is 1. The first kappa shape index (κ1) is 12.7. The second-order valence-electron chi connectivity index (χ2n) is 3.44. The first-order chi connectivity index (χ1) is 7.05. The van der Waals surface area contributed by atoms with Gasteiger partial charge >= 0.3 is 7.60 Å². The monoisotopic (exact) mass is 235 g/mol. The standard InChI is InChI=1S/C9H18NO4P/c1-4-13-15(12,14-5-2)8-6-7-10(3)9(8)11/h8H,4-7H2,1-3H3. The molecule has 1 aliphatic rings. The first-order valence-corrected chi connectivity index (χ1v) is 6.80. The number of rotatable bonds is 5. The Balaban J connectivity index is 2.81. The van der Waals surface area contributed by atoms with Crippen molar-refractivity contribution in [1.82, 2.24) is 4.90 Å². The predicted molar refractivity (Wildman–Crippen MR) is 56.9 cm³/mol. The lowest BCUT2D eigenvalue weighted by atomic mass is 10.4. The number of amides is 1. The predicted octanol–water partition coefficient (Wildman–Crippen LogP) is 1.48. The molecule has 0 aliphatic carbocycles. The smallest absolute Gasteiger partial charge is 0.343 e. The van der Waals surface area contributed by atoms with Gasteiger partial charge in [-0.05, 0) is 20.3 Å². The molecule has 0 radical (unpaired) electrons. The van der Waals surface area contributed by atoms with Crippen molar-refractivity contribution in [1.29, 1.82) is 0 Å². The molecule has 0 aromatic heterocycles. The highest BCUT2D eigenvalue weighted by Gasteiger charge is 2.45. The zero-order valence-corrected chi connectivity index (χ0v) is 10.3. The molecule has 0 bridgehead atoms. The molecule has 1 rings (SSSR count). The average molecular weight is 235 g/mol. The van der Waals surface area contributed by atoms with Gasteiger partial charge in [-0.2, -0.15) is 0 Å². The summed E-state index contributed by atoms with van der Waals surface area (Å²) in [6, 6.07) is 0. The van der Waals surface area contributed by atoms with Crippen molar-refractivity contribution in [3.05, 3.63) is 0 Å². The fourth-order valence-corrected chi connectivity index (χ4v) is 3.73. The largest absolute Gasteiger partial charge is 0.345 e. The SMILES string of the molecule is CCOP(=O)(OCC)C1CCN(C)C1=O. The number of nitrogens with zero attached hydrogens (tertiary/aromatic N) is 1. The molecule has 88 valence electrons. The van der Waals surface area contributed by atoms with Gasteiger partial charge in [-0.15, -0.1) is 0 Å². The van der Waals surface area contributed by atoms with E-state index in [9.17, 15) is 9.36 Å². The molecular weight excluding hydrogens is 217 g/mol. The minimum Gasteiger partial charge on any atom is -0.345 e. The van der Waals surface area contributed by atoms with Gasteiger partial charge in [-0.25, -0.2) is 0 Å². The van der Waals surface area contributed by atoms with Crippen LogP contribution >= 0.6 is 7.60 Å². The molecule has 15 heavy (non-hydrogen) atoms. The summed E-state index contributed by atoms with van der Waals surface area (Å²) in [5, 5.41) is 0. The molecule has 1 aliphatic heterocycles. The molecule has 0 saturated carbocycles. The summed E-state index contributed by atoms with van der Waals surface area (Å²) in [5.41, 5.74) is -0.609. The van der Waals surface area contributed by atoms with Crippen molar-refractivity contribution in [3.8, 4) is 0 Å². The van der Waals surface area contributed by atoms with E-state index in [-0.39, 0.29) is 5.91 Å². The molecule has 1 amide bonds. The Hall–Kier alpha value is -0.380. The summed E-state index contributed by atoms with van der Waals surface area (Å²) in [6.07, 6.45) is 0.548. The van der Waals surface area contributed by atoms with E-state index in [1.807, 2.05) is 0 Å². The van der Waals surface area contributed by atoms with Crippen molar-refractivity contribution >= 4 is 13.5 Å². The molecule has 1 atom stereocenters. The van der Waals surface area contributed by atoms with E-state index >= 15 is 0 Å². The van der Waals surface area contributed by atoms with Crippen LogP contribution in [-0.2, 0) is 18.4 Å². The number of likely N-dealkylation sites (tertiary alicyclic amines) is 1. The van der Waals surface area contributed by atoms with Gasteiger partial charge in [-0.1, -0.05) is 0 Å². The average Bonchev–Trinajstić information content (AvgIpc) is 2.49. The van der Waals surface area contributed by atoms with Gasteiger partial charge < -0.3 is 13.9 Å². The Morgan fingerprint density at radius 3 is 2.27 bits per heavy atom. The van der Waals surface area contributed by atoms with Gasteiger partial charge in [0, 0.05) is 13.6 Å². The van der Waals surface area contributed by atoms with Gasteiger partial charge in [0.25, 0.3) is 0 Å². The fourth-order valence-electron chi connectivity index (χ4n) is 1.67. The third kappa shape index (κ3) is 2.60. The third-order valence-corrected chi connectivity index (χ3v) is 4.88. The minimum absolute atomic E-state index is 0.139. The van der Waals surface area contributed by atoms with Crippen LogP contribution in [0.4, 0.5) is 0 Å². The van der Waals surface area contributed by atoms with E-state index in [1.165, 1.54) is 0 Å². The topological polar surface area (TPSA) is 55.8 Å². The zero-order valence-electron chi connectivity index (χ0n) is 9.43. The highest BCUT2D eigenvalue weighted by molar-refractivity contribution is 7.55. The maximum Gasteiger partial charge on any atom is 0.343 e. The summed E-state index contributed by atoms with van der Waals surface area (Å²) in [4.78, 5) is 13.3. The van der Waals surface area contributed by atoms with E-state index in [2.05, 4.69) is 0 Å². The number of hydrogen-bond acceptors (Lipinski definition) is 4. The molecule has 1 unspecified atom stereocenters. The summed E-state index contributed by atoms with van der Waals surface area (Å²) in [6.45, 7) is 4.70. The molecule has 1 fully saturated rings. The van der Waals surface area contributed by atoms with E-state index in [0.29, 0.717) is 26.2 Å². The zero-order chi connectivity index (χ0) is 11.5. The second-order valence-corrected chi connectivity index (χ2v) is 5.66. The molecule has 0 aromatic carbocycles. The lowest BCUT2D eigenvalue weighted by Gasteiger charge is -2.21. The summed E-state index contributed by atoms with van der Waals surface area (Å²) < 4.78 is 22.6. The van der Waals surface area contributed by atoms with Crippen molar-refractivity contribution in [2.45, 2.75) is 25.9 Å². The molecule has 1 saturated heterocycles. The number of carbonyl (C=O) groups is 1. The van der Waals surface area contributed by atoms with Crippen LogP contribution in [0.1, 0.15) is 20.3 Å². The maximum atomic E-state index is 12.3. The quantitative estimate of drug-likeness (QED) is 0.677. The highest BCUT2D eigenvalue weighted by Crippen LogP contribution is 2.55.